The average molecular weight is 586 g/mol. The molecule has 1 heterocycles. The van der Waals surface area contributed by atoms with Crippen LogP contribution in [0, 0.1) is 11.6 Å². The Kier molecular flexibility index (Phi) is 8.37. The van der Waals surface area contributed by atoms with Gasteiger partial charge in [0.15, 0.2) is 18.1 Å². The predicted molar refractivity (Wildman–Crippen MR) is 139 cm³/mol. The number of rotatable bonds is 9. The number of hydrogen-bond donors (Lipinski definition) is 2. The first-order valence-electron chi connectivity index (χ1n) is 11.5. The summed E-state index contributed by atoms with van der Waals surface area (Å²) in [5.74, 6) is -1.25. The van der Waals surface area contributed by atoms with Gasteiger partial charge in [0.25, 0.3) is 11.8 Å². The van der Waals surface area contributed by atoms with E-state index in [0.29, 0.717) is 33.6 Å². The van der Waals surface area contributed by atoms with Crippen molar-refractivity contribution in [1.82, 2.24) is 10.2 Å². The van der Waals surface area contributed by atoms with Gasteiger partial charge in [0, 0.05) is 5.69 Å². The van der Waals surface area contributed by atoms with Crippen LogP contribution in [0.4, 0.5) is 19.3 Å². The van der Waals surface area contributed by atoms with Gasteiger partial charge in [0.05, 0.1) is 17.6 Å². The van der Waals surface area contributed by atoms with E-state index in [-0.39, 0.29) is 24.6 Å². The first-order chi connectivity index (χ1) is 18.2. The maximum atomic E-state index is 13.2. The molecule has 1 aliphatic heterocycles. The van der Waals surface area contributed by atoms with Crippen LogP contribution in [0.15, 0.2) is 70.8 Å². The van der Waals surface area contributed by atoms with E-state index in [1.165, 1.54) is 54.6 Å². The molecular weight excluding hydrogens is 564 g/mol. The van der Waals surface area contributed by atoms with E-state index in [4.69, 9.17) is 9.47 Å². The number of carbonyl (C=O) groups is 3. The molecule has 1 saturated heterocycles. The predicted octanol–water partition coefficient (Wildman–Crippen LogP) is 5.24. The fourth-order valence-corrected chi connectivity index (χ4v) is 4.17. The first kappa shape index (κ1) is 26.8. The minimum atomic E-state index is -0.596. The molecule has 1 aliphatic rings. The fraction of sp³-hybridized carbons (Fsp3) is 0.148. The summed E-state index contributed by atoms with van der Waals surface area (Å²) in [6.45, 7) is 1.72. The highest BCUT2D eigenvalue weighted by Gasteiger charge is 2.33. The lowest BCUT2D eigenvalue weighted by Crippen LogP contribution is -2.30. The van der Waals surface area contributed by atoms with E-state index in [2.05, 4.69) is 26.6 Å². The zero-order valence-electron chi connectivity index (χ0n) is 20.1. The van der Waals surface area contributed by atoms with Crippen molar-refractivity contribution in [2.75, 3.05) is 18.5 Å². The molecule has 0 spiro atoms. The zero-order chi connectivity index (χ0) is 27.2. The Morgan fingerprint density at radius 1 is 1.03 bits per heavy atom. The lowest BCUT2D eigenvalue weighted by molar-refractivity contribution is -0.123. The van der Waals surface area contributed by atoms with E-state index in [1.54, 1.807) is 19.1 Å². The van der Waals surface area contributed by atoms with Crippen LogP contribution < -0.4 is 20.1 Å². The molecule has 0 atom stereocenters. The third kappa shape index (κ3) is 6.54. The van der Waals surface area contributed by atoms with Crippen LogP contribution in [0.2, 0.25) is 0 Å². The lowest BCUT2D eigenvalue weighted by Gasteiger charge is -2.15. The number of nitrogens with zero attached hydrogens (tertiary/aromatic N) is 1. The van der Waals surface area contributed by atoms with Gasteiger partial charge in [0.2, 0.25) is 0 Å². The monoisotopic (exact) mass is 585 g/mol. The van der Waals surface area contributed by atoms with Crippen LogP contribution in [0.5, 0.6) is 11.5 Å². The topological polar surface area (TPSA) is 97.0 Å². The van der Waals surface area contributed by atoms with Crippen molar-refractivity contribution < 1.29 is 32.6 Å². The molecule has 0 aliphatic carbocycles. The summed E-state index contributed by atoms with van der Waals surface area (Å²) in [7, 11) is 0. The molecule has 0 unspecified atom stereocenters. The molecule has 0 saturated carbocycles. The second kappa shape index (κ2) is 11.9. The largest absolute Gasteiger partial charge is 0.490 e. The van der Waals surface area contributed by atoms with Crippen molar-refractivity contribution in [3.63, 3.8) is 0 Å². The molecule has 4 amide bonds. The van der Waals surface area contributed by atoms with Gasteiger partial charge in [0.1, 0.15) is 17.3 Å². The molecule has 8 nitrogen and oxygen atoms in total. The molecule has 2 N–H and O–H groups in total. The van der Waals surface area contributed by atoms with Crippen molar-refractivity contribution in [2.24, 2.45) is 0 Å². The SMILES string of the molecule is CCOc1cc(/C=C2/NC(=O)N(Cc3ccc(F)cc3)C2=O)cc(Br)c1OCC(=O)Nc1ccc(F)cc1. The third-order valence-electron chi connectivity index (χ3n) is 5.33. The highest BCUT2D eigenvalue weighted by atomic mass is 79.9. The molecule has 11 heteroatoms. The van der Waals surface area contributed by atoms with Crippen molar-refractivity contribution in [3.8, 4) is 11.5 Å². The van der Waals surface area contributed by atoms with Crippen LogP contribution in [0.3, 0.4) is 0 Å². The number of ether oxygens (including phenoxy) is 2. The number of urea groups is 1. The standard InChI is InChI=1S/C27H22BrF2N3O5/c1-2-37-23-13-17(11-21(28)25(23)38-15-24(34)31-20-9-7-19(30)8-10-20)12-22-26(35)33(27(36)32-22)14-16-3-5-18(29)6-4-16/h3-13H,2,14-15H2,1H3,(H,31,34)(H,32,36)/b22-12+. The van der Waals surface area contributed by atoms with Crippen molar-refractivity contribution in [1.29, 1.82) is 0 Å². The molecule has 0 radical (unpaired) electrons. The summed E-state index contributed by atoms with van der Waals surface area (Å²) < 4.78 is 38.0. The van der Waals surface area contributed by atoms with Gasteiger partial charge in [-0.15, -0.1) is 0 Å². The number of nitrogens with one attached hydrogen (secondary N) is 2. The molecule has 38 heavy (non-hydrogen) atoms. The van der Waals surface area contributed by atoms with Crippen LogP contribution in [-0.2, 0) is 16.1 Å². The van der Waals surface area contributed by atoms with Crippen LogP contribution >= 0.6 is 15.9 Å². The highest BCUT2D eigenvalue weighted by molar-refractivity contribution is 9.10. The maximum absolute atomic E-state index is 13.2. The number of halogens is 3. The zero-order valence-corrected chi connectivity index (χ0v) is 21.7. The summed E-state index contributed by atoms with van der Waals surface area (Å²) in [6, 6.07) is 13.5. The Hall–Kier alpha value is -4.25. The molecule has 196 valence electrons. The Labute approximate surface area is 225 Å². The Balaban J connectivity index is 1.48. The van der Waals surface area contributed by atoms with Gasteiger partial charge in [-0.2, -0.15) is 0 Å². The molecule has 0 aromatic heterocycles. The molecule has 0 bridgehead atoms. The Morgan fingerprint density at radius 3 is 2.34 bits per heavy atom. The van der Waals surface area contributed by atoms with E-state index in [9.17, 15) is 23.2 Å². The van der Waals surface area contributed by atoms with E-state index in [1.807, 2.05) is 0 Å². The van der Waals surface area contributed by atoms with Gasteiger partial charge >= 0.3 is 6.03 Å². The second-order valence-corrected chi connectivity index (χ2v) is 8.97. The summed E-state index contributed by atoms with van der Waals surface area (Å²) in [4.78, 5) is 38.6. The molecule has 1 fully saturated rings. The normalized spacial score (nSPS) is 14.0. The van der Waals surface area contributed by atoms with E-state index >= 15 is 0 Å². The minimum Gasteiger partial charge on any atom is -0.490 e. The summed E-state index contributed by atoms with van der Waals surface area (Å²) in [6.07, 6.45) is 1.49. The number of amides is 4. The average Bonchev–Trinajstić information content (AvgIpc) is 3.13. The van der Waals surface area contributed by atoms with Crippen molar-refractivity contribution >= 4 is 45.5 Å². The Bertz CT molecular complexity index is 1400. The Morgan fingerprint density at radius 2 is 1.68 bits per heavy atom. The second-order valence-electron chi connectivity index (χ2n) is 8.11. The van der Waals surface area contributed by atoms with E-state index in [0.717, 1.165) is 4.90 Å². The maximum Gasteiger partial charge on any atom is 0.329 e. The van der Waals surface area contributed by atoms with Gasteiger partial charge in [-0.3, -0.25) is 14.5 Å². The number of hydrogen-bond acceptors (Lipinski definition) is 5. The third-order valence-corrected chi connectivity index (χ3v) is 5.92. The first-order valence-corrected chi connectivity index (χ1v) is 12.3. The van der Waals surface area contributed by atoms with Crippen LogP contribution in [0.25, 0.3) is 6.08 Å². The minimum absolute atomic E-state index is 0.0110. The number of imide groups is 1. The number of anilines is 1. The smallest absolute Gasteiger partial charge is 0.329 e. The van der Waals surface area contributed by atoms with Gasteiger partial charge in [-0.05, 0) is 88.6 Å². The molecule has 3 aromatic carbocycles. The van der Waals surface area contributed by atoms with Crippen molar-refractivity contribution in [3.05, 3.63) is 93.6 Å². The van der Waals surface area contributed by atoms with Crippen molar-refractivity contribution in [2.45, 2.75) is 13.5 Å². The van der Waals surface area contributed by atoms with Gasteiger partial charge in [-0.25, -0.2) is 13.6 Å². The summed E-state index contributed by atoms with van der Waals surface area (Å²) in [5.41, 5.74) is 1.60. The highest BCUT2D eigenvalue weighted by Crippen LogP contribution is 2.37. The van der Waals surface area contributed by atoms with E-state index < -0.39 is 29.5 Å². The lowest BCUT2D eigenvalue weighted by atomic mass is 10.1. The molecule has 4 rings (SSSR count). The van der Waals surface area contributed by atoms with Crippen LogP contribution in [-0.4, -0.2) is 36.0 Å². The quantitative estimate of drug-likeness (QED) is 0.264. The summed E-state index contributed by atoms with van der Waals surface area (Å²) in [5, 5.41) is 5.15. The van der Waals surface area contributed by atoms with Crippen LogP contribution in [0.1, 0.15) is 18.1 Å². The molecule has 3 aromatic rings. The van der Waals surface area contributed by atoms with Gasteiger partial charge in [-0.1, -0.05) is 12.1 Å². The number of benzene rings is 3. The van der Waals surface area contributed by atoms with Gasteiger partial charge < -0.3 is 20.1 Å². The fourth-order valence-electron chi connectivity index (χ4n) is 3.60. The summed E-state index contributed by atoms with van der Waals surface area (Å²) >= 11 is 3.41. The number of carbonyl (C=O) groups excluding carboxylic acids is 3. The molecular formula is C27H22BrF2N3O5.